The smallest absolute Gasteiger partial charge is 0.249 e. The molecule has 1 saturated heterocycles. The Labute approximate surface area is 121 Å². The van der Waals surface area contributed by atoms with E-state index in [9.17, 15) is 4.79 Å². The first-order valence-corrected chi connectivity index (χ1v) is 7.32. The number of ether oxygens (including phenoxy) is 1. The zero-order valence-electron chi connectivity index (χ0n) is 12.4. The monoisotopic (exact) mass is 276 g/mol. The number of nitrogens with one attached hydrogen (secondary N) is 1. The first kappa shape index (κ1) is 14.9. The lowest BCUT2D eigenvalue weighted by molar-refractivity contribution is -0.130. The van der Waals surface area contributed by atoms with Crippen LogP contribution in [0.4, 0.5) is 5.69 Å². The van der Waals surface area contributed by atoms with Gasteiger partial charge in [0.15, 0.2) is 0 Å². The summed E-state index contributed by atoms with van der Waals surface area (Å²) >= 11 is 0. The molecule has 1 aromatic carbocycles. The maximum Gasteiger partial charge on any atom is 0.249 e. The summed E-state index contributed by atoms with van der Waals surface area (Å²) in [6.07, 6.45) is 3.59. The predicted octanol–water partition coefficient (Wildman–Crippen LogP) is 1.98. The van der Waals surface area contributed by atoms with Gasteiger partial charge >= 0.3 is 0 Å². The molecule has 1 aliphatic heterocycles. The normalized spacial score (nSPS) is 18.0. The van der Waals surface area contributed by atoms with E-state index in [-0.39, 0.29) is 12.0 Å². The molecular formula is C16H24N2O2. The molecule has 1 aliphatic rings. The van der Waals surface area contributed by atoms with E-state index >= 15 is 0 Å². The molecule has 1 heterocycles. The van der Waals surface area contributed by atoms with Crippen LogP contribution >= 0.6 is 0 Å². The Morgan fingerprint density at radius 2 is 2.10 bits per heavy atom. The number of anilines is 1. The highest BCUT2D eigenvalue weighted by atomic mass is 16.5. The number of carbonyl (C=O) groups is 1. The van der Waals surface area contributed by atoms with E-state index in [0.717, 1.165) is 32.3 Å². The Morgan fingerprint density at radius 3 is 2.70 bits per heavy atom. The first-order valence-electron chi connectivity index (χ1n) is 7.32. The molecular weight excluding hydrogens is 252 g/mol. The van der Waals surface area contributed by atoms with Crippen molar-refractivity contribution in [3.63, 3.8) is 0 Å². The van der Waals surface area contributed by atoms with E-state index in [2.05, 4.69) is 34.5 Å². The number of benzene rings is 1. The lowest BCUT2D eigenvalue weighted by Crippen LogP contribution is -2.34. The van der Waals surface area contributed by atoms with Crippen LogP contribution < -0.4 is 10.2 Å². The third kappa shape index (κ3) is 4.23. The van der Waals surface area contributed by atoms with Crippen molar-refractivity contribution in [2.75, 3.05) is 32.1 Å². The molecule has 0 aromatic heterocycles. The van der Waals surface area contributed by atoms with Gasteiger partial charge in [-0.25, -0.2) is 0 Å². The number of nitrogens with zero attached hydrogens (tertiary/aromatic N) is 1. The predicted molar refractivity (Wildman–Crippen MR) is 81.1 cm³/mol. The summed E-state index contributed by atoms with van der Waals surface area (Å²) in [4.78, 5) is 13.8. The van der Waals surface area contributed by atoms with E-state index in [4.69, 9.17) is 4.74 Å². The largest absolute Gasteiger partial charge is 0.378 e. The standard InChI is InChI=1S/C16H24N2O2/c1-18(2)14-9-7-13(8-10-14)5-3-11-17-16(19)15-6-4-12-20-15/h7-10,15H,3-6,11-12H2,1-2H3,(H,17,19)/t15-/m1/s1. The van der Waals surface area contributed by atoms with Gasteiger partial charge in [-0.15, -0.1) is 0 Å². The molecule has 110 valence electrons. The molecule has 1 N–H and O–H groups in total. The Hall–Kier alpha value is -1.55. The van der Waals surface area contributed by atoms with Crippen molar-refractivity contribution in [3.05, 3.63) is 29.8 Å². The van der Waals surface area contributed by atoms with Gasteiger partial charge in [0, 0.05) is 32.9 Å². The van der Waals surface area contributed by atoms with Crippen LogP contribution in [-0.4, -0.2) is 39.3 Å². The average Bonchev–Trinajstić information content (AvgIpc) is 2.98. The molecule has 0 radical (unpaired) electrons. The minimum absolute atomic E-state index is 0.0467. The molecule has 4 heteroatoms. The number of hydrogen-bond acceptors (Lipinski definition) is 3. The van der Waals surface area contributed by atoms with Gasteiger partial charge in [-0.05, 0) is 43.4 Å². The SMILES string of the molecule is CN(C)c1ccc(CCCNC(=O)[C@H]2CCCO2)cc1. The van der Waals surface area contributed by atoms with Crippen molar-refractivity contribution >= 4 is 11.6 Å². The topological polar surface area (TPSA) is 41.6 Å². The molecule has 1 aromatic rings. The third-order valence-electron chi connectivity index (χ3n) is 3.62. The third-order valence-corrected chi connectivity index (χ3v) is 3.62. The van der Waals surface area contributed by atoms with Gasteiger partial charge in [-0.2, -0.15) is 0 Å². The van der Waals surface area contributed by atoms with E-state index in [1.54, 1.807) is 0 Å². The molecule has 1 fully saturated rings. The minimum atomic E-state index is -0.214. The number of hydrogen-bond donors (Lipinski definition) is 1. The van der Waals surface area contributed by atoms with Crippen molar-refractivity contribution in [2.24, 2.45) is 0 Å². The van der Waals surface area contributed by atoms with Crippen molar-refractivity contribution in [1.82, 2.24) is 5.32 Å². The highest BCUT2D eigenvalue weighted by Crippen LogP contribution is 2.14. The number of carbonyl (C=O) groups excluding carboxylic acids is 1. The van der Waals surface area contributed by atoms with Crippen LogP contribution in [0, 0.1) is 0 Å². The minimum Gasteiger partial charge on any atom is -0.378 e. The van der Waals surface area contributed by atoms with Gasteiger partial charge in [0.1, 0.15) is 6.10 Å². The molecule has 20 heavy (non-hydrogen) atoms. The van der Waals surface area contributed by atoms with Crippen molar-refractivity contribution in [3.8, 4) is 0 Å². The molecule has 0 saturated carbocycles. The number of aryl methyl sites for hydroxylation is 1. The van der Waals surface area contributed by atoms with Crippen LogP contribution in [0.1, 0.15) is 24.8 Å². The molecule has 1 atom stereocenters. The van der Waals surface area contributed by atoms with Gasteiger partial charge in [-0.1, -0.05) is 12.1 Å². The Kier molecular flexibility index (Phi) is 5.41. The summed E-state index contributed by atoms with van der Waals surface area (Å²) in [5.74, 6) is 0.0467. The molecule has 0 aliphatic carbocycles. The quantitative estimate of drug-likeness (QED) is 0.808. The second-order valence-corrected chi connectivity index (χ2v) is 5.46. The van der Waals surface area contributed by atoms with Crippen LogP contribution in [0.25, 0.3) is 0 Å². The van der Waals surface area contributed by atoms with Crippen molar-refractivity contribution in [1.29, 1.82) is 0 Å². The maximum atomic E-state index is 11.7. The van der Waals surface area contributed by atoms with E-state index in [1.165, 1.54) is 11.3 Å². The maximum absolute atomic E-state index is 11.7. The zero-order valence-corrected chi connectivity index (χ0v) is 12.4. The number of rotatable bonds is 6. The zero-order chi connectivity index (χ0) is 14.4. The molecule has 0 spiro atoms. The summed E-state index contributed by atoms with van der Waals surface area (Å²) in [7, 11) is 4.07. The van der Waals surface area contributed by atoms with Crippen LogP contribution in [0.3, 0.4) is 0 Å². The van der Waals surface area contributed by atoms with Crippen molar-refractivity contribution < 1.29 is 9.53 Å². The lowest BCUT2D eigenvalue weighted by atomic mass is 10.1. The summed E-state index contributed by atoms with van der Waals surface area (Å²) < 4.78 is 5.35. The Bertz CT molecular complexity index is 423. The highest BCUT2D eigenvalue weighted by Gasteiger charge is 2.22. The van der Waals surface area contributed by atoms with E-state index in [0.29, 0.717) is 6.54 Å². The van der Waals surface area contributed by atoms with E-state index in [1.807, 2.05) is 14.1 Å². The summed E-state index contributed by atoms with van der Waals surface area (Å²) in [6.45, 7) is 1.43. The number of amides is 1. The van der Waals surface area contributed by atoms with Gasteiger partial charge in [0.2, 0.25) is 5.91 Å². The van der Waals surface area contributed by atoms with Crippen LogP contribution in [-0.2, 0) is 16.0 Å². The van der Waals surface area contributed by atoms with Crippen LogP contribution in [0.15, 0.2) is 24.3 Å². The van der Waals surface area contributed by atoms with Gasteiger partial charge in [-0.3, -0.25) is 4.79 Å². The van der Waals surface area contributed by atoms with Gasteiger partial charge in [0.05, 0.1) is 0 Å². The van der Waals surface area contributed by atoms with Crippen LogP contribution in [0.2, 0.25) is 0 Å². The molecule has 2 rings (SSSR count). The fourth-order valence-electron chi connectivity index (χ4n) is 2.36. The van der Waals surface area contributed by atoms with Gasteiger partial charge in [0.25, 0.3) is 0 Å². The second kappa shape index (κ2) is 7.29. The second-order valence-electron chi connectivity index (χ2n) is 5.46. The Balaban J connectivity index is 1.66. The molecule has 1 amide bonds. The molecule has 4 nitrogen and oxygen atoms in total. The Morgan fingerprint density at radius 1 is 1.35 bits per heavy atom. The lowest BCUT2D eigenvalue weighted by Gasteiger charge is -2.13. The summed E-state index contributed by atoms with van der Waals surface area (Å²) in [5.41, 5.74) is 2.52. The summed E-state index contributed by atoms with van der Waals surface area (Å²) in [5, 5.41) is 2.95. The average molecular weight is 276 g/mol. The van der Waals surface area contributed by atoms with E-state index < -0.39 is 0 Å². The van der Waals surface area contributed by atoms with Gasteiger partial charge < -0.3 is 15.0 Å². The highest BCUT2D eigenvalue weighted by molar-refractivity contribution is 5.80. The van der Waals surface area contributed by atoms with Crippen LogP contribution in [0.5, 0.6) is 0 Å². The fraction of sp³-hybridized carbons (Fsp3) is 0.562. The first-order chi connectivity index (χ1) is 9.66. The molecule has 0 unspecified atom stereocenters. The molecule has 0 bridgehead atoms. The fourth-order valence-corrected chi connectivity index (χ4v) is 2.36. The summed E-state index contributed by atoms with van der Waals surface area (Å²) in [6, 6.07) is 8.55. The van der Waals surface area contributed by atoms with Crippen molar-refractivity contribution in [2.45, 2.75) is 31.8 Å².